The molecule has 0 unspecified atom stereocenters. The number of phenols is 1. The SMILES string of the molecule is CCOC(=O)N1CCc2c(sc3c2C(=O)N[C@@H](c2cc(Br)cc(OCC)c2O)N3)C1. The third-order valence-electron chi connectivity index (χ3n) is 5.04. The highest BCUT2D eigenvalue weighted by atomic mass is 79.9. The Labute approximate surface area is 186 Å². The maximum Gasteiger partial charge on any atom is 0.410 e. The van der Waals surface area contributed by atoms with E-state index in [1.165, 1.54) is 11.3 Å². The first-order valence-electron chi connectivity index (χ1n) is 9.71. The third kappa shape index (κ3) is 3.69. The van der Waals surface area contributed by atoms with Crippen LogP contribution in [0, 0.1) is 0 Å². The summed E-state index contributed by atoms with van der Waals surface area (Å²) in [5.74, 6) is 0.128. The molecule has 0 saturated carbocycles. The lowest BCUT2D eigenvalue weighted by atomic mass is 10.0. The zero-order valence-corrected chi connectivity index (χ0v) is 19.0. The van der Waals surface area contributed by atoms with Gasteiger partial charge in [-0.1, -0.05) is 15.9 Å². The average molecular weight is 496 g/mol. The molecule has 3 heterocycles. The number of fused-ring (bicyclic) bond motifs is 3. The second-order valence-corrected chi connectivity index (χ2v) is 8.92. The molecule has 0 saturated heterocycles. The molecule has 2 amide bonds. The summed E-state index contributed by atoms with van der Waals surface area (Å²) >= 11 is 4.89. The van der Waals surface area contributed by atoms with Crippen molar-refractivity contribution in [3.63, 3.8) is 0 Å². The molecule has 0 bridgehead atoms. The molecule has 0 aliphatic carbocycles. The van der Waals surface area contributed by atoms with Gasteiger partial charge in [0.1, 0.15) is 11.2 Å². The van der Waals surface area contributed by atoms with Crippen molar-refractivity contribution in [1.82, 2.24) is 10.2 Å². The topological polar surface area (TPSA) is 100 Å². The molecule has 4 rings (SSSR count). The van der Waals surface area contributed by atoms with Crippen molar-refractivity contribution in [2.24, 2.45) is 0 Å². The number of amides is 2. The number of halogens is 1. The molecular formula is C20H22BrN3O5S. The lowest BCUT2D eigenvalue weighted by Gasteiger charge is -2.28. The number of hydrogen-bond acceptors (Lipinski definition) is 7. The molecule has 0 radical (unpaired) electrons. The van der Waals surface area contributed by atoms with E-state index in [0.29, 0.717) is 49.6 Å². The Hall–Kier alpha value is -2.46. The van der Waals surface area contributed by atoms with Gasteiger partial charge in [-0.3, -0.25) is 4.79 Å². The van der Waals surface area contributed by atoms with Gasteiger partial charge in [0.05, 0.1) is 25.3 Å². The third-order valence-corrected chi connectivity index (χ3v) is 6.65. The fraction of sp³-hybridized carbons (Fsp3) is 0.400. The molecule has 2 aliphatic rings. The monoisotopic (exact) mass is 495 g/mol. The highest BCUT2D eigenvalue weighted by Gasteiger charge is 2.35. The van der Waals surface area contributed by atoms with Crippen molar-refractivity contribution in [1.29, 1.82) is 0 Å². The quantitative estimate of drug-likeness (QED) is 0.592. The molecule has 1 aromatic heterocycles. The van der Waals surface area contributed by atoms with Crippen LogP contribution in [0.25, 0.3) is 0 Å². The van der Waals surface area contributed by atoms with Gasteiger partial charge in [0.15, 0.2) is 11.5 Å². The summed E-state index contributed by atoms with van der Waals surface area (Å²) in [5.41, 5.74) is 2.09. The molecule has 30 heavy (non-hydrogen) atoms. The number of nitrogens with zero attached hydrogens (tertiary/aromatic N) is 1. The summed E-state index contributed by atoms with van der Waals surface area (Å²) in [6, 6.07) is 3.43. The Morgan fingerprint density at radius 3 is 2.87 bits per heavy atom. The minimum Gasteiger partial charge on any atom is -0.504 e. The number of ether oxygens (including phenoxy) is 2. The van der Waals surface area contributed by atoms with E-state index in [1.54, 1.807) is 24.0 Å². The van der Waals surface area contributed by atoms with Gasteiger partial charge < -0.3 is 30.1 Å². The minimum atomic E-state index is -0.608. The molecule has 0 fully saturated rings. The first-order valence-corrected chi connectivity index (χ1v) is 11.3. The predicted octanol–water partition coefficient (Wildman–Crippen LogP) is 3.98. The molecule has 1 atom stereocenters. The van der Waals surface area contributed by atoms with Gasteiger partial charge in [-0.05, 0) is 38.0 Å². The summed E-state index contributed by atoms with van der Waals surface area (Å²) in [6.45, 7) is 5.28. The molecule has 160 valence electrons. The van der Waals surface area contributed by atoms with Gasteiger partial charge in [0.25, 0.3) is 5.91 Å². The molecule has 0 spiro atoms. The van der Waals surface area contributed by atoms with E-state index in [2.05, 4.69) is 26.6 Å². The van der Waals surface area contributed by atoms with E-state index in [9.17, 15) is 14.7 Å². The standard InChI is InChI=1S/C20H22BrN3O5S/c1-3-28-13-8-10(21)7-12(16(13)25)17-22-18(26)15-11-5-6-24(20(27)29-4-2)9-14(11)30-19(15)23-17/h7-8,17,23,25H,3-6,9H2,1-2H3,(H,22,26)/t17-/m1/s1. The second kappa shape index (κ2) is 8.35. The van der Waals surface area contributed by atoms with Crippen molar-refractivity contribution >= 4 is 44.3 Å². The van der Waals surface area contributed by atoms with Crippen LogP contribution in [0.3, 0.4) is 0 Å². The molecular weight excluding hydrogens is 474 g/mol. The minimum absolute atomic E-state index is 0.0175. The van der Waals surface area contributed by atoms with E-state index in [4.69, 9.17) is 9.47 Å². The van der Waals surface area contributed by atoms with Gasteiger partial charge in [0, 0.05) is 21.5 Å². The second-order valence-electron chi connectivity index (χ2n) is 6.90. The number of thiophene rings is 1. The highest BCUT2D eigenvalue weighted by molar-refractivity contribution is 9.10. The van der Waals surface area contributed by atoms with Crippen molar-refractivity contribution in [2.75, 3.05) is 25.1 Å². The Kier molecular flexibility index (Phi) is 5.79. The number of benzene rings is 1. The van der Waals surface area contributed by atoms with Crippen molar-refractivity contribution in [2.45, 2.75) is 33.0 Å². The number of carbonyl (C=O) groups excluding carboxylic acids is 2. The molecule has 2 aliphatic heterocycles. The van der Waals surface area contributed by atoms with Crippen molar-refractivity contribution in [3.8, 4) is 11.5 Å². The van der Waals surface area contributed by atoms with Gasteiger partial charge in [0.2, 0.25) is 0 Å². The van der Waals surface area contributed by atoms with Crippen LogP contribution in [0.5, 0.6) is 11.5 Å². The Bertz CT molecular complexity index is 1010. The number of hydrogen-bond donors (Lipinski definition) is 3. The first kappa shape index (κ1) is 20.8. The van der Waals surface area contributed by atoms with E-state index >= 15 is 0 Å². The summed E-state index contributed by atoms with van der Waals surface area (Å²) in [4.78, 5) is 27.6. The van der Waals surface area contributed by atoms with Crippen LogP contribution in [-0.2, 0) is 17.7 Å². The van der Waals surface area contributed by atoms with Crippen LogP contribution in [-0.4, -0.2) is 41.8 Å². The van der Waals surface area contributed by atoms with E-state index in [-0.39, 0.29) is 17.7 Å². The number of carbonyl (C=O) groups is 2. The van der Waals surface area contributed by atoms with Gasteiger partial charge in [-0.15, -0.1) is 11.3 Å². The lowest BCUT2D eigenvalue weighted by molar-refractivity contribution is 0.0933. The lowest BCUT2D eigenvalue weighted by Crippen LogP contribution is -2.39. The summed E-state index contributed by atoms with van der Waals surface area (Å²) in [7, 11) is 0. The van der Waals surface area contributed by atoms with Gasteiger partial charge in [-0.2, -0.15) is 0 Å². The zero-order chi connectivity index (χ0) is 21.4. The average Bonchev–Trinajstić information content (AvgIpc) is 3.08. The highest BCUT2D eigenvalue weighted by Crippen LogP contribution is 2.43. The van der Waals surface area contributed by atoms with E-state index in [0.717, 1.165) is 19.9 Å². The Morgan fingerprint density at radius 2 is 2.13 bits per heavy atom. The number of aromatic hydroxyl groups is 1. The summed E-state index contributed by atoms with van der Waals surface area (Å²) in [5, 5.41) is 17.6. The molecule has 10 heteroatoms. The van der Waals surface area contributed by atoms with Crippen LogP contribution < -0.4 is 15.4 Å². The number of anilines is 1. The number of phenolic OH excluding ortho intramolecular Hbond substituents is 1. The van der Waals surface area contributed by atoms with Crippen LogP contribution in [0.4, 0.5) is 9.80 Å². The molecule has 1 aromatic carbocycles. The normalized spacial score (nSPS) is 17.5. The number of rotatable bonds is 4. The summed E-state index contributed by atoms with van der Waals surface area (Å²) in [6.07, 6.45) is -0.355. The summed E-state index contributed by atoms with van der Waals surface area (Å²) < 4.78 is 11.3. The maximum absolute atomic E-state index is 13.0. The fourth-order valence-electron chi connectivity index (χ4n) is 3.72. The Balaban J connectivity index is 1.63. The van der Waals surface area contributed by atoms with E-state index < -0.39 is 6.17 Å². The Morgan fingerprint density at radius 1 is 1.33 bits per heavy atom. The maximum atomic E-state index is 13.0. The van der Waals surface area contributed by atoms with Crippen LogP contribution in [0.1, 0.15) is 46.4 Å². The fourth-order valence-corrected chi connectivity index (χ4v) is 5.47. The van der Waals surface area contributed by atoms with Crippen LogP contribution in [0.2, 0.25) is 0 Å². The van der Waals surface area contributed by atoms with Crippen molar-refractivity contribution < 1.29 is 24.2 Å². The van der Waals surface area contributed by atoms with Crippen LogP contribution in [0.15, 0.2) is 16.6 Å². The van der Waals surface area contributed by atoms with Gasteiger partial charge in [-0.25, -0.2) is 4.79 Å². The van der Waals surface area contributed by atoms with Gasteiger partial charge >= 0.3 is 6.09 Å². The van der Waals surface area contributed by atoms with Crippen LogP contribution >= 0.6 is 27.3 Å². The zero-order valence-electron chi connectivity index (χ0n) is 16.6. The largest absolute Gasteiger partial charge is 0.504 e. The van der Waals surface area contributed by atoms with Crippen molar-refractivity contribution in [3.05, 3.63) is 38.2 Å². The molecule has 2 aromatic rings. The molecule has 8 nitrogen and oxygen atoms in total. The molecule has 3 N–H and O–H groups in total. The van der Waals surface area contributed by atoms with E-state index in [1.807, 2.05) is 6.92 Å². The predicted molar refractivity (Wildman–Crippen MR) is 116 cm³/mol. The smallest absolute Gasteiger partial charge is 0.410 e. The first-order chi connectivity index (χ1) is 14.4. The number of nitrogens with one attached hydrogen (secondary N) is 2.